The zero-order valence-corrected chi connectivity index (χ0v) is 18.5. The third-order valence-electron chi connectivity index (χ3n) is 4.12. The largest absolute Gasteiger partial charge is 0.0614 e. The average Bonchev–Trinajstić information content (AvgIpc) is 2.62. The van der Waals surface area contributed by atoms with E-state index in [1.165, 1.54) is 31.6 Å². The molecule has 0 N–H and O–H groups in total. The summed E-state index contributed by atoms with van der Waals surface area (Å²) >= 11 is 10.6. The third-order valence-corrected chi connectivity index (χ3v) is 6.11. The Morgan fingerprint density at radius 1 is 0.560 bits per heavy atom. The zero-order valence-electron chi connectivity index (χ0n) is 13.8. The van der Waals surface area contributed by atoms with E-state index in [1.807, 2.05) is 24.3 Å². The third kappa shape index (κ3) is 4.16. The topological polar surface area (TPSA) is 0 Å². The van der Waals surface area contributed by atoms with E-state index in [2.05, 4.69) is 103 Å². The van der Waals surface area contributed by atoms with Gasteiger partial charge in [-0.15, -0.1) is 0 Å². The first kappa shape index (κ1) is 18.6. The summed E-state index contributed by atoms with van der Waals surface area (Å²) in [5.74, 6) is 0. The number of aryl methyl sites for hydroxylation is 1. The summed E-state index contributed by atoms with van der Waals surface area (Å²) in [5.41, 5.74) is 1.41. The molecule has 0 fully saturated rings. The van der Waals surface area contributed by atoms with Gasteiger partial charge in [0.1, 0.15) is 0 Å². The van der Waals surface area contributed by atoms with Crippen LogP contribution in [0.5, 0.6) is 0 Å². The Kier molecular flexibility index (Phi) is 6.32. The van der Waals surface area contributed by atoms with Crippen LogP contribution in [-0.4, -0.2) is 0 Å². The molecule has 0 unspecified atom stereocenters. The highest BCUT2D eigenvalue weighted by atomic mass is 79.9. The number of hydrogen-bond acceptors (Lipinski definition) is 0. The second-order valence-corrected chi connectivity index (χ2v) is 8.25. The Labute approximate surface area is 173 Å². The Bertz CT molecular complexity index is 980. The molecule has 0 nitrogen and oxygen atoms in total. The van der Waals surface area contributed by atoms with E-state index in [0.717, 1.165) is 15.4 Å². The van der Waals surface area contributed by atoms with Crippen LogP contribution in [0.2, 0.25) is 0 Å². The highest BCUT2D eigenvalue weighted by molar-refractivity contribution is 9.11. The van der Waals surface area contributed by atoms with E-state index in [4.69, 9.17) is 0 Å². The number of fused-ring (bicyclic) bond motifs is 2. The normalized spacial score (nSPS) is 10.6. The first-order chi connectivity index (χ1) is 12.1. The highest BCUT2D eigenvalue weighted by Crippen LogP contribution is 2.30. The van der Waals surface area contributed by atoms with Crippen molar-refractivity contribution in [2.75, 3.05) is 0 Å². The van der Waals surface area contributed by atoms with Crippen molar-refractivity contribution in [3.8, 4) is 0 Å². The molecule has 4 aromatic rings. The molecule has 0 spiro atoms. The standard InChI is InChI=1S/C12H11Br.C10H6Br2/c1-2-9-5-3-6-10-7-4-8-11(13)12(9)10;11-8-5-1-3-7-4-2-6-9(12)10(7)8/h3-8H,2H2,1H3;1-6H. The molecule has 0 aliphatic heterocycles. The van der Waals surface area contributed by atoms with Crippen LogP contribution in [-0.2, 0) is 6.42 Å². The molecule has 0 radical (unpaired) electrons. The van der Waals surface area contributed by atoms with Crippen LogP contribution in [0, 0.1) is 0 Å². The molecule has 0 amide bonds. The van der Waals surface area contributed by atoms with Crippen molar-refractivity contribution in [2.24, 2.45) is 0 Å². The minimum absolute atomic E-state index is 1.08. The number of hydrogen-bond donors (Lipinski definition) is 0. The fraction of sp³-hybridized carbons (Fsp3) is 0.0909. The van der Waals surface area contributed by atoms with Gasteiger partial charge < -0.3 is 0 Å². The van der Waals surface area contributed by atoms with Crippen molar-refractivity contribution < 1.29 is 0 Å². The molecule has 0 aromatic heterocycles. The molecule has 0 saturated heterocycles. The minimum Gasteiger partial charge on any atom is -0.0614 e. The SMILES string of the molecule is Brc1cccc2cccc(Br)c12.CCc1cccc2cccc(Br)c12. The van der Waals surface area contributed by atoms with Gasteiger partial charge in [-0.3, -0.25) is 0 Å². The Morgan fingerprint density at radius 3 is 1.40 bits per heavy atom. The van der Waals surface area contributed by atoms with Gasteiger partial charge in [-0.1, -0.05) is 109 Å². The van der Waals surface area contributed by atoms with Crippen molar-refractivity contribution >= 4 is 69.3 Å². The summed E-state index contributed by atoms with van der Waals surface area (Å²) in [4.78, 5) is 0. The number of halogens is 3. The maximum Gasteiger partial charge on any atom is 0.0265 e. The molecule has 0 aliphatic carbocycles. The van der Waals surface area contributed by atoms with Gasteiger partial charge in [-0.25, -0.2) is 0 Å². The van der Waals surface area contributed by atoms with Crippen LogP contribution in [0.3, 0.4) is 0 Å². The summed E-state index contributed by atoms with van der Waals surface area (Å²) in [7, 11) is 0. The van der Waals surface area contributed by atoms with Gasteiger partial charge >= 0.3 is 0 Å². The fourth-order valence-electron chi connectivity index (χ4n) is 2.92. The van der Waals surface area contributed by atoms with Gasteiger partial charge in [-0.05, 0) is 46.3 Å². The molecule has 0 atom stereocenters. The summed E-state index contributed by atoms with van der Waals surface area (Å²) in [6.45, 7) is 2.19. The summed E-state index contributed by atoms with van der Waals surface area (Å²) in [6, 6.07) is 25.2. The van der Waals surface area contributed by atoms with E-state index < -0.39 is 0 Å². The molecule has 0 heterocycles. The Morgan fingerprint density at radius 2 is 0.960 bits per heavy atom. The van der Waals surface area contributed by atoms with E-state index in [0.29, 0.717) is 0 Å². The lowest BCUT2D eigenvalue weighted by Gasteiger charge is -2.05. The van der Waals surface area contributed by atoms with Crippen molar-refractivity contribution in [3.05, 3.63) is 91.8 Å². The van der Waals surface area contributed by atoms with E-state index in [1.54, 1.807) is 0 Å². The van der Waals surface area contributed by atoms with Crippen LogP contribution in [0.15, 0.2) is 86.2 Å². The van der Waals surface area contributed by atoms with Crippen LogP contribution in [0.4, 0.5) is 0 Å². The molecular formula is C22H17Br3. The second-order valence-electron chi connectivity index (χ2n) is 5.69. The highest BCUT2D eigenvalue weighted by Gasteiger charge is 2.02. The van der Waals surface area contributed by atoms with Gasteiger partial charge in [-0.2, -0.15) is 0 Å². The van der Waals surface area contributed by atoms with Crippen LogP contribution >= 0.6 is 47.8 Å². The van der Waals surface area contributed by atoms with E-state index >= 15 is 0 Å². The maximum atomic E-state index is 3.59. The average molecular weight is 521 g/mol. The Balaban J connectivity index is 0.000000146. The molecule has 3 heteroatoms. The lowest BCUT2D eigenvalue weighted by atomic mass is 10.0. The minimum atomic E-state index is 1.08. The number of benzene rings is 4. The monoisotopic (exact) mass is 518 g/mol. The molecule has 126 valence electrons. The van der Waals surface area contributed by atoms with Crippen molar-refractivity contribution in [1.82, 2.24) is 0 Å². The molecule has 4 rings (SSSR count). The predicted molar refractivity (Wildman–Crippen MR) is 120 cm³/mol. The molecule has 0 saturated carbocycles. The molecule has 4 aromatic carbocycles. The second kappa shape index (κ2) is 8.48. The first-order valence-electron chi connectivity index (χ1n) is 8.10. The smallest absolute Gasteiger partial charge is 0.0265 e. The van der Waals surface area contributed by atoms with Crippen molar-refractivity contribution in [2.45, 2.75) is 13.3 Å². The summed E-state index contributed by atoms with van der Waals surface area (Å²) in [5, 5.41) is 5.15. The van der Waals surface area contributed by atoms with Crippen molar-refractivity contribution in [1.29, 1.82) is 0 Å². The quantitative estimate of drug-likeness (QED) is 0.236. The zero-order chi connectivity index (χ0) is 17.8. The Hall–Kier alpha value is -1.16. The van der Waals surface area contributed by atoms with Gasteiger partial charge in [0, 0.05) is 18.8 Å². The van der Waals surface area contributed by atoms with E-state index in [9.17, 15) is 0 Å². The van der Waals surface area contributed by atoms with E-state index in [-0.39, 0.29) is 0 Å². The molecule has 0 bridgehead atoms. The van der Waals surface area contributed by atoms with Crippen LogP contribution < -0.4 is 0 Å². The van der Waals surface area contributed by atoms with Gasteiger partial charge in [0.25, 0.3) is 0 Å². The fourth-order valence-corrected chi connectivity index (χ4v) is 5.01. The lowest BCUT2D eigenvalue weighted by Crippen LogP contribution is -1.83. The van der Waals surface area contributed by atoms with Crippen LogP contribution in [0.1, 0.15) is 12.5 Å². The molecule has 0 aliphatic rings. The maximum absolute atomic E-state index is 3.59. The first-order valence-corrected chi connectivity index (χ1v) is 10.5. The van der Waals surface area contributed by atoms with Gasteiger partial charge in [0.05, 0.1) is 0 Å². The number of rotatable bonds is 1. The predicted octanol–water partition coefficient (Wildman–Crippen LogP) is 8.53. The van der Waals surface area contributed by atoms with Gasteiger partial charge in [0.2, 0.25) is 0 Å². The molecule has 25 heavy (non-hydrogen) atoms. The summed E-state index contributed by atoms with van der Waals surface area (Å²) < 4.78 is 3.46. The van der Waals surface area contributed by atoms with Crippen molar-refractivity contribution in [3.63, 3.8) is 0 Å². The summed E-state index contributed by atoms with van der Waals surface area (Å²) in [6.07, 6.45) is 1.08. The molecular weight excluding hydrogens is 504 g/mol. The van der Waals surface area contributed by atoms with Gasteiger partial charge in [0.15, 0.2) is 0 Å². The lowest BCUT2D eigenvalue weighted by molar-refractivity contribution is 1.16. The van der Waals surface area contributed by atoms with Crippen LogP contribution in [0.25, 0.3) is 21.5 Å².